The molecule has 0 amide bonds. The molecular formula is C22H27N7S. The SMILES string of the molecule is Cc1cc([C@H]2[C@H](c3ccccn3)NC(=S)N2C2CCCCC2)c(C)n1-n1cnnc1. The van der Waals surface area contributed by atoms with Gasteiger partial charge < -0.3 is 10.2 Å². The number of nitrogens with one attached hydrogen (secondary N) is 1. The first-order valence-electron chi connectivity index (χ1n) is 10.7. The molecular weight excluding hydrogens is 394 g/mol. The van der Waals surface area contributed by atoms with Crippen LogP contribution in [0, 0.1) is 13.8 Å². The zero-order valence-corrected chi connectivity index (χ0v) is 18.2. The molecule has 2 fully saturated rings. The van der Waals surface area contributed by atoms with E-state index in [1.54, 1.807) is 12.7 Å². The van der Waals surface area contributed by atoms with E-state index in [1.807, 2.05) is 23.0 Å². The summed E-state index contributed by atoms with van der Waals surface area (Å²) in [5.41, 5.74) is 4.61. The molecule has 1 aliphatic heterocycles. The van der Waals surface area contributed by atoms with Gasteiger partial charge in [0, 0.05) is 29.2 Å². The van der Waals surface area contributed by atoms with Crippen LogP contribution in [-0.4, -0.2) is 40.6 Å². The van der Waals surface area contributed by atoms with Crippen molar-refractivity contribution < 1.29 is 0 Å². The third kappa shape index (κ3) is 3.19. The Morgan fingerprint density at radius 2 is 1.83 bits per heavy atom. The molecule has 3 aromatic heterocycles. The Bertz CT molecular complexity index is 1020. The second-order valence-electron chi connectivity index (χ2n) is 8.31. The molecule has 0 unspecified atom stereocenters. The highest BCUT2D eigenvalue weighted by molar-refractivity contribution is 7.80. The van der Waals surface area contributed by atoms with E-state index in [9.17, 15) is 0 Å². The van der Waals surface area contributed by atoms with E-state index in [0.29, 0.717) is 6.04 Å². The lowest BCUT2D eigenvalue weighted by atomic mass is 9.90. The van der Waals surface area contributed by atoms with Crippen molar-refractivity contribution in [3.8, 4) is 0 Å². The molecule has 30 heavy (non-hydrogen) atoms. The molecule has 7 nitrogen and oxygen atoms in total. The van der Waals surface area contributed by atoms with Crippen molar-refractivity contribution in [1.29, 1.82) is 0 Å². The molecule has 1 saturated heterocycles. The first-order valence-corrected chi connectivity index (χ1v) is 11.1. The standard InChI is InChI=1S/C22H27N7S/c1-15-12-18(16(2)29(15)27-13-24-25-14-27)21-20(19-10-6-7-11-23-19)26-22(30)28(21)17-8-4-3-5-9-17/h6-7,10-14,17,20-21H,3-5,8-9H2,1-2H3,(H,26,30)/t20-,21-/m0/s1. The van der Waals surface area contributed by atoms with Gasteiger partial charge in [0.15, 0.2) is 5.11 Å². The van der Waals surface area contributed by atoms with Gasteiger partial charge in [0.1, 0.15) is 12.7 Å². The summed E-state index contributed by atoms with van der Waals surface area (Å²) in [5, 5.41) is 12.4. The normalized spacial score (nSPS) is 22.5. The topological polar surface area (TPSA) is 63.8 Å². The van der Waals surface area contributed by atoms with E-state index in [4.69, 9.17) is 12.2 Å². The Balaban J connectivity index is 1.62. The number of hydrogen-bond acceptors (Lipinski definition) is 4. The van der Waals surface area contributed by atoms with Crippen molar-refractivity contribution in [2.75, 3.05) is 0 Å². The van der Waals surface area contributed by atoms with E-state index in [-0.39, 0.29) is 12.1 Å². The lowest BCUT2D eigenvalue weighted by molar-refractivity contribution is 0.196. The summed E-state index contributed by atoms with van der Waals surface area (Å²) in [7, 11) is 0. The smallest absolute Gasteiger partial charge is 0.170 e. The van der Waals surface area contributed by atoms with Crippen LogP contribution in [0.15, 0.2) is 43.1 Å². The van der Waals surface area contributed by atoms with Crippen LogP contribution >= 0.6 is 12.2 Å². The van der Waals surface area contributed by atoms with Crippen LogP contribution < -0.4 is 5.32 Å². The number of aromatic nitrogens is 5. The van der Waals surface area contributed by atoms with Crippen molar-refractivity contribution in [1.82, 2.24) is 34.8 Å². The molecule has 3 aromatic rings. The minimum Gasteiger partial charge on any atom is -0.352 e. The Labute approximate surface area is 182 Å². The summed E-state index contributed by atoms with van der Waals surface area (Å²) in [6.07, 6.45) is 11.6. The van der Waals surface area contributed by atoms with Crippen molar-refractivity contribution in [3.63, 3.8) is 0 Å². The molecule has 0 spiro atoms. The molecule has 0 bridgehead atoms. The first kappa shape index (κ1) is 19.2. The molecule has 5 rings (SSSR count). The van der Waals surface area contributed by atoms with E-state index >= 15 is 0 Å². The number of pyridine rings is 1. The van der Waals surface area contributed by atoms with Crippen LogP contribution in [0.2, 0.25) is 0 Å². The summed E-state index contributed by atoms with van der Waals surface area (Å²) in [5.74, 6) is 0. The largest absolute Gasteiger partial charge is 0.352 e. The summed E-state index contributed by atoms with van der Waals surface area (Å²) in [6, 6.07) is 8.98. The van der Waals surface area contributed by atoms with Gasteiger partial charge in [0.2, 0.25) is 0 Å². The number of nitrogens with zero attached hydrogens (tertiary/aromatic N) is 6. The number of hydrogen-bond donors (Lipinski definition) is 1. The number of thiocarbonyl (C=S) groups is 1. The maximum Gasteiger partial charge on any atom is 0.170 e. The first-order chi connectivity index (χ1) is 14.6. The van der Waals surface area contributed by atoms with Gasteiger partial charge >= 0.3 is 0 Å². The van der Waals surface area contributed by atoms with Crippen LogP contribution in [-0.2, 0) is 0 Å². The molecule has 4 heterocycles. The molecule has 8 heteroatoms. The predicted molar refractivity (Wildman–Crippen MR) is 119 cm³/mol. The van der Waals surface area contributed by atoms with Crippen LogP contribution in [0.1, 0.15) is 66.8 Å². The third-order valence-electron chi connectivity index (χ3n) is 6.49. The summed E-state index contributed by atoms with van der Waals surface area (Å²) >= 11 is 5.89. The van der Waals surface area contributed by atoms with Crippen LogP contribution in [0.4, 0.5) is 0 Å². The van der Waals surface area contributed by atoms with E-state index in [2.05, 4.69) is 56.1 Å². The Hall–Kier alpha value is -2.74. The fourth-order valence-corrected chi connectivity index (χ4v) is 5.57. The molecule has 0 aromatic carbocycles. The predicted octanol–water partition coefficient (Wildman–Crippen LogP) is 3.71. The lowest BCUT2D eigenvalue weighted by Gasteiger charge is -2.37. The molecule has 2 atom stereocenters. The van der Waals surface area contributed by atoms with Crippen LogP contribution in [0.5, 0.6) is 0 Å². The highest BCUT2D eigenvalue weighted by Crippen LogP contribution is 2.44. The van der Waals surface area contributed by atoms with E-state index in [0.717, 1.165) is 16.5 Å². The summed E-state index contributed by atoms with van der Waals surface area (Å²) in [6.45, 7) is 4.29. The van der Waals surface area contributed by atoms with Crippen molar-refractivity contribution in [2.45, 2.75) is 64.1 Å². The molecule has 1 N–H and O–H groups in total. The van der Waals surface area contributed by atoms with Crippen molar-refractivity contribution in [3.05, 3.63) is 65.8 Å². The summed E-state index contributed by atoms with van der Waals surface area (Å²) < 4.78 is 4.08. The minimum absolute atomic E-state index is 0.0236. The second kappa shape index (κ2) is 7.83. The molecule has 156 valence electrons. The highest BCUT2D eigenvalue weighted by atomic mass is 32.1. The van der Waals surface area contributed by atoms with Gasteiger partial charge in [-0.1, -0.05) is 25.3 Å². The molecule has 1 saturated carbocycles. The maximum atomic E-state index is 5.89. The van der Waals surface area contributed by atoms with Crippen molar-refractivity contribution >= 4 is 17.3 Å². The quantitative estimate of drug-likeness (QED) is 0.648. The van der Waals surface area contributed by atoms with Gasteiger partial charge in [-0.15, -0.1) is 10.2 Å². The molecule has 0 radical (unpaired) electrons. The van der Waals surface area contributed by atoms with Gasteiger partial charge in [-0.25, -0.2) is 4.68 Å². The summed E-state index contributed by atoms with van der Waals surface area (Å²) in [4.78, 5) is 7.14. The minimum atomic E-state index is 0.0236. The molecule has 2 aliphatic rings. The van der Waals surface area contributed by atoms with Gasteiger partial charge in [-0.3, -0.25) is 9.66 Å². The van der Waals surface area contributed by atoms with Crippen LogP contribution in [0.25, 0.3) is 0 Å². The zero-order valence-electron chi connectivity index (χ0n) is 17.4. The third-order valence-corrected chi connectivity index (χ3v) is 6.82. The number of rotatable bonds is 4. The van der Waals surface area contributed by atoms with E-state index < -0.39 is 0 Å². The second-order valence-corrected chi connectivity index (χ2v) is 8.69. The Morgan fingerprint density at radius 3 is 2.53 bits per heavy atom. The van der Waals surface area contributed by atoms with E-state index in [1.165, 1.54) is 43.4 Å². The fourth-order valence-electron chi connectivity index (χ4n) is 5.18. The Morgan fingerprint density at radius 1 is 1.07 bits per heavy atom. The van der Waals surface area contributed by atoms with Gasteiger partial charge in [-0.05, 0) is 57.1 Å². The highest BCUT2D eigenvalue weighted by Gasteiger charge is 2.44. The van der Waals surface area contributed by atoms with Gasteiger partial charge in [0.05, 0.1) is 17.8 Å². The van der Waals surface area contributed by atoms with Gasteiger partial charge in [-0.2, -0.15) is 0 Å². The zero-order chi connectivity index (χ0) is 20.7. The average Bonchev–Trinajstić information content (AvgIpc) is 3.47. The Kier molecular flexibility index (Phi) is 5.02. The van der Waals surface area contributed by atoms with Crippen LogP contribution in [0.3, 0.4) is 0 Å². The monoisotopic (exact) mass is 421 g/mol. The lowest BCUT2D eigenvalue weighted by Crippen LogP contribution is -2.40. The molecule has 1 aliphatic carbocycles. The number of aryl methyl sites for hydroxylation is 1. The maximum absolute atomic E-state index is 5.89. The van der Waals surface area contributed by atoms with Gasteiger partial charge in [0.25, 0.3) is 0 Å². The van der Waals surface area contributed by atoms with Crippen molar-refractivity contribution in [2.24, 2.45) is 0 Å². The average molecular weight is 422 g/mol. The fraction of sp³-hybridized carbons (Fsp3) is 0.455.